The van der Waals surface area contributed by atoms with Gasteiger partial charge in [-0.3, -0.25) is 20.2 Å². The summed E-state index contributed by atoms with van der Waals surface area (Å²) in [6.45, 7) is 4.09. The summed E-state index contributed by atoms with van der Waals surface area (Å²) in [6, 6.07) is 6.86. The lowest BCUT2D eigenvalue weighted by atomic mass is 10.1. The maximum atomic E-state index is 12.6. The molecule has 4 rings (SSSR count). The Balaban J connectivity index is 1.53. The van der Waals surface area contributed by atoms with Crippen LogP contribution in [-0.2, 0) is 0 Å². The van der Waals surface area contributed by atoms with Gasteiger partial charge in [0, 0.05) is 38.4 Å². The monoisotopic (exact) mass is 414 g/mol. The number of carbonyl (C=O) groups excluding carboxylic acids is 1. The molecule has 144 valence electrons. The van der Waals surface area contributed by atoms with Crippen molar-refractivity contribution in [1.29, 1.82) is 0 Å². The molecule has 1 aliphatic rings. The number of nitrogens with zero attached hydrogens (tertiary/aromatic N) is 2. The summed E-state index contributed by atoms with van der Waals surface area (Å²) in [7, 11) is 0. The van der Waals surface area contributed by atoms with Crippen LogP contribution in [0.1, 0.15) is 33.0 Å². The highest BCUT2D eigenvalue weighted by Gasteiger charge is 2.25. The van der Waals surface area contributed by atoms with Crippen molar-refractivity contribution in [3.63, 3.8) is 0 Å². The summed E-state index contributed by atoms with van der Waals surface area (Å²) in [5, 5.41) is 19.6. The molecule has 0 aliphatic heterocycles. The maximum Gasteiger partial charge on any atom is 0.293 e. The predicted molar refractivity (Wildman–Crippen MR) is 113 cm³/mol. The van der Waals surface area contributed by atoms with Gasteiger partial charge < -0.3 is 5.32 Å². The molecule has 1 aliphatic carbocycles. The van der Waals surface area contributed by atoms with Gasteiger partial charge in [0.15, 0.2) is 5.13 Å². The molecular formula is C19H18N4O3S2. The maximum absolute atomic E-state index is 12.6. The van der Waals surface area contributed by atoms with Gasteiger partial charge in [0.2, 0.25) is 0 Å². The molecule has 1 aromatic carbocycles. The summed E-state index contributed by atoms with van der Waals surface area (Å²) < 4.78 is 0. The molecule has 3 aromatic rings. The predicted octanol–water partition coefficient (Wildman–Crippen LogP) is 5.22. The highest BCUT2D eigenvalue weighted by atomic mass is 32.1. The highest BCUT2D eigenvalue weighted by Crippen LogP contribution is 2.34. The van der Waals surface area contributed by atoms with Crippen molar-refractivity contribution < 1.29 is 9.72 Å². The molecule has 0 atom stereocenters. The minimum absolute atomic E-state index is 0.0937. The fraction of sp³-hybridized carbons (Fsp3) is 0.263. The number of nitro benzene ring substituents is 1. The van der Waals surface area contributed by atoms with Crippen molar-refractivity contribution in [2.45, 2.75) is 32.7 Å². The van der Waals surface area contributed by atoms with E-state index >= 15 is 0 Å². The molecule has 2 heterocycles. The number of nitrogens with one attached hydrogen (secondary N) is 2. The quantitative estimate of drug-likeness (QED) is 0.425. The van der Waals surface area contributed by atoms with Gasteiger partial charge in [-0.25, -0.2) is 4.98 Å². The molecule has 0 saturated heterocycles. The van der Waals surface area contributed by atoms with Gasteiger partial charge in [0.05, 0.1) is 10.6 Å². The molecule has 0 radical (unpaired) electrons. The number of hydrogen-bond donors (Lipinski definition) is 2. The van der Waals surface area contributed by atoms with Crippen molar-refractivity contribution in [2.75, 3.05) is 10.6 Å². The van der Waals surface area contributed by atoms with E-state index in [4.69, 9.17) is 0 Å². The van der Waals surface area contributed by atoms with Gasteiger partial charge in [0.1, 0.15) is 5.69 Å². The zero-order chi connectivity index (χ0) is 19.8. The van der Waals surface area contributed by atoms with Crippen LogP contribution in [0.25, 0.3) is 11.3 Å². The van der Waals surface area contributed by atoms with Gasteiger partial charge in [-0.1, -0.05) is 0 Å². The van der Waals surface area contributed by atoms with Crippen molar-refractivity contribution in [1.82, 2.24) is 4.98 Å². The normalized spacial score (nSPS) is 13.4. The number of nitro groups is 1. The number of rotatable bonds is 6. The number of carbonyl (C=O) groups is 1. The number of aromatic nitrogens is 1. The number of anilines is 2. The molecule has 2 aromatic heterocycles. The molecule has 1 amide bonds. The van der Waals surface area contributed by atoms with Crippen LogP contribution < -0.4 is 10.6 Å². The second-order valence-corrected chi connectivity index (χ2v) is 9.05. The molecule has 0 unspecified atom stereocenters. The van der Waals surface area contributed by atoms with Gasteiger partial charge in [-0.15, -0.1) is 22.7 Å². The van der Waals surface area contributed by atoms with Crippen LogP contribution in [-0.4, -0.2) is 21.9 Å². The van der Waals surface area contributed by atoms with E-state index in [1.165, 1.54) is 27.2 Å². The number of hydrogen-bond acceptors (Lipinski definition) is 7. The second-order valence-electron chi connectivity index (χ2n) is 6.73. The second kappa shape index (κ2) is 7.33. The smallest absolute Gasteiger partial charge is 0.293 e. The Hall–Kier alpha value is -2.78. The van der Waals surface area contributed by atoms with Gasteiger partial charge in [-0.05, 0) is 44.9 Å². The lowest BCUT2D eigenvalue weighted by Gasteiger charge is -2.07. The topological polar surface area (TPSA) is 97.2 Å². The standard InChI is InChI=1S/C19H18N4O3S2/c1-10-7-14(11(2)28-10)16-9-27-19(21-16)22-18(24)12-3-6-15(20-13-4-5-13)17(8-12)23(25)26/h3,6-9,13,20H,4-5H2,1-2H3,(H,21,22,24). The van der Waals surface area contributed by atoms with E-state index in [0.717, 1.165) is 24.1 Å². The third kappa shape index (κ3) is 3.90. The Kier molecular flexibility index (Phi) is 4.86. The van der Waals surface area contributed by atoms with E-state index < -0.39 is 10.8 Å². The van der Waals surface area contributed by atoms with Crippen LogP contribution in [0.4, 0.5) is 16.5 Å². The van der Waals surface area contributed by atoms with Gasteiger partial charge in [0.25, 0.3) is 11.6 Å². The zero-order valence-electron chi connectivity index (χ0n) is 15.3. The first-order valence-electron chi connectivity index (χ1n) is 8.80. The molecule has 1 saturated carbocycles. The Morgan fingerprint density at radius 2 is 2.07 bits per heavy atom. The van der Waals surface area contributed by atoms with E-state index in [1.807, 2.05) is 19.2 Å². The van der Waals surface area contributed by atoms with Crippen LogP contribution in [0.15, 0.2) is 29.6 Å². The van der Waals surface area contributed by atoms with Crippen molar-refractivity contribution in [2.24, 2.45) is 0 Å². The zero-order valence-corrected chi connectivity index (χ0v) is 16.9. The SMILES string of the molecule is Cc1cc(-c2csc(NC(=O)c3ccc(NC4CC4)c([N+](=O)[O-])c3)n2)c(C)s1. The van der Waals surface area contributed by atoms with Crippen molar-refractivity contribution in [3.8, 4) is 11.3 Å². The summed E-state index contributed by atoms with van der Waals surface area (Å²) in [5.41, 5.74) is 2.46. The van der Waals surface area contributed by atoms with E-state index in [9.17, 15) is 14.9 Å². The Morgan fingerprint density at radius 1 is 1.29 bits per heavy atom. The third-order valence-electron chi connectivity index (χ3n) is 4.44. The largest absolute Gasteiger partial charge is 0.377 e. The van der Waals surface area contributed by atoms with Crippen LogP contribution in [0.3, 0.4) is 0 Å². The Morgan fingerprint density at radius 3 is 2.71 bits per heavy atom. The van der Waals surface area contributed by atoms with Gasteiger partial charge >= 0.3 is 0 Å². The molecule has 7 nitrogen and oxygen atoms in total. The number of aryl methyl sites for hydroxylation is 2. The molecule has 0 spiro atoms. The van der Waals surface area contributed by atoms with Crippen LogP contribution >= 0.6 is 22.7 Å². The minimum Gasteiger partial charge on any atom is -0.377 e. The van der Waals surface area contributed by atoms with Gasteiger partial charge in [-0.2, -0.15) is 0 Å². The molecule has 2 N–H and O–H groups in total. The Labute approximate surface area is 169 Å². The van der Waals surface area contributed by atoms with Crippen LogP contribution in [0.2, 0.25) is 0 Å². The van der Waals surface area contributed by atoms with E-state index in [0.29, 0.717) is 10.8 Å². The molecule has 9 heteroatoms. The van der Waals surface area contributed by atoms with Crippen molar-refractivity contribution >= 4 is 45.1 Å². The average molecular weight is 415 g/mol. The third-order valence-corrected chi connectivity index (χ3v) is 6.16. The first kappa shape index (κ1) is 18.6. The van der Waals surface area contributed by atoms with Crippen LogP contribution in [0.5, 0.6) is 0 Å². The van der Waals surface area contributed by atoms with Crippen molar-refractivity contribution in [3.05, 3.63) is 55.1 Å². The Bertz CT molecular complexity index is 1070. The number of thiophene rings is 1. The highest BCUT2D eigenvalue weighted by molar-refractivity contribution is 7.14. The summed E-state index contributed by atoms with van der Waals surface area (Å²) in [5.74, 6) is -0.416. The molecule has 28 heavy (non-hydrogen) atoms. The number of thiazole rings is 1. The number of benzene rings is 1. The summed E-state index contributed by atoms with van der Waals surface area (Å²) in [6.07, 6.45) is 2.02. The molecule has 0 bridgehead atoms. The number of amides is 1. The van der Waals surface area contributed by atoms with Crippen LogP contribution in [0, 0.1) is 24.0 Å². The fourth-order valence-electron chi connectivity index (χ4n) is 2.90. The summed E-state index contributed by atoms with van der Waals surface area (Å²) in [4.78, 5) is 30.3. The molecular weight excluding hydrogens is 396 g/mol. The first-order valence-corrected chi connectivity index (χ1v) is 10.5. The fourth-order valence-corrected chi connectivity index (χ4v) is 4.54. The van der Waals surface area contributed by atoms with E-state index in [1.54, 1.807) is 23.5 Å². The van der Waals surface area contributed by atoms with E-state index in [-0.39, 0.29) is 17.3 Å². The average Bonchev–Trinajstić information content (AvgIpc) is 3.23. The van der Waals surface area contributed by atoms with E-state index in [2.05, 4.69) is 21.7 Å². The first-order chi connectivity index (χ1) is 13.4. The lowest BCUT2D eigenvalue weighted by molar-refractivity contribution is -0.384. The molecule has 1 fully saturated rings. The lowest BCUT2D eigenvalue weighted by Crippen LogP contribution is -2.13. The minimum atomic E-state index is -0.468. The summed E-state index contributed by atoms with van der Waals surface area (Å²) >= 11 is 3.04.